The van der Waals surface area contributed by atoms with Crippen molar-refractivity contribution in [2.75, 3.05) is 20.2 Å². The molecular weight excluding hydrogens is 436 g/mol. The summed E-state index contributed by atoms with van der Waals surface area (Å²) in [7, 11) is -1.63. The number of imidazole rings is 1. The van der Waals surface area contributed by atoms with Crippen LogP contribution in [0.3, 0.4) is 0 Å². The van der Waals surface area contributed by atoms with Gasteiger partial charge in [-0.25, -0.2) is 17.6 Å². The van der Waals surface area contributed by atoms with Gasteiger partial charge in [-0.1, -0.05) is 26.2 Å². The summed E-state index contributed by atoms with van der Waals surface area (Å²) in [5.41, 5.74) is 0. The van der Waals surface area contributed by atoms with E-state index in [4.69, 9.17) is 0 Å². The molecule has 3 heterocycles. The highest BCUT2D eigenvalue weighted by atomic mass is 32.3. The number of rotatable bonds is 4. The molecule has 0 bridgehead atoms. The molecule has 2 aliphatic heterocycles. The Bertz CT molecular complexity index is 850. The van der Waals surface area contributed by atoms with Crippen molar-refractivity contribution in [2.45, 2.75) is 38.5 Å². The van der Waals surface area contributed by atoms with Crippen LogP contribution in [0.25, 0.3) is 6.20 Å². The molecule has 0 aromatic carbocycles. The van der Waals surface area contributed by atoms with E-state index in [1.54, 1.807) is 28.4 Å². The average molecular weight is 471 g/mol. The molecular formula is C21H34N4O6S. The first kappa shape index (κ1) is 29.2. The van der Waals surface area contributed by atoms with Crippen LogP contribution in [-0.4, -0.2) is 59.4 Å². The highest BCUT2D eigenvalue weighted by Gasteiger charge is 2.16. The Morgan fingerprint density at radius 3 is 1.78 bits per heavy atom. The number of hydrogen-bond acceptors (Lipinski definition) is 6. The molecule has 1 aromatic heterocycles. The van der Waals surface area contributed by atoms with Crippen molar-refractivity contribution < 1.29 is 31.3 Å². The molecule has 2 fully saturated rings. The maximum atomic E-state index is 11.1. The molecule has 1 aromatic rings. The van der Waals surface area contributed by atoms with Crippen molar-refractivity contribution in [1.82, 2.24) is 14.4 Å². The number of aryl methyl sites for hydroxylation is 1. The van der Waals surface area contributed by atoms with Crippen LogP contribution < -0.4 is 4.57 Å². The van der Waals surface area contributed by atoms with E-state index in [2.05, 4.69) is 23.9 Å². The van der Waals surface area contributed by atoms with Crippen molar-refractivity contribution in [3.05, 3.63) is 50.9 Å². The van der Waals surface area contributed by atoms with Gasteiger partial charge >= 0.3 is 0 Å². The zero-order valence-corrected chi connectivity index (χ0v) is 19.7. The lowest BCUT2D eigenvalue weighted by atomic mass is 10.2. The Morgan fingerprint density at radius 1 is 0.969 bits per heavy atom. The van der Waals surface area contributed by atoms with Crippen molar-refractivity contribution in [3.63, 3.8) is 0 Å². The molecule has 11 heteroatoms. The van der Waals surface area contributed by atoms with Gasteiger partial charge in [0.2, 0.25) is 28.5 Å². The van der Waals surface area contributed by atoms with Crippen LogP contribution in [0.15, 0.2) is 50.9 Å². The predicted octanol–water partition coefficient (Wildman–Crippen LogP) is 1.79. The molecule has 2 amide bonds. The quantitative estimate of drug-likeness (QED) is 0.376. The first-order valence-corrected chi connectivity index (χ1v) is 11.4. The number of carbonyl (C=O) groups excluding carboxylic acids is 2. The molecule has 0 aliphatic carbocycles. The topological polar surface area (TPSA) is 116 Å². The fraction of sp³-hybridized carbons (Fsp3) is 0.476. The lowest BCUT2D eigenvalue weighted by Gasteiger charge is -2.13. The van der Waals surface area contributed by atoms with Crippen molar-refractivity contribution in [2.24, 2.45) is 7.05 Å². The molecule has 0 N–H and O–H groups in total. The Hall–Kier alpha value is -2.76. The van der Waals surface area contributed by atoms with Gasteiger partial charge < -0.3 is 14.4 Å². The zero-order chi connectivity index (χ0) is 24.6. The van der Waals surface area contributed by atoms with Gasteiger partial charge in [0.25, 0.3) is 0 Å². The molecule has 2 saturated heterocycles. The lowest BCUT2D eigenvalue weighted by molar-refractivity contribution is -0.670. The van der Waals surface area contributed by atoms with Gasteiger partial charge in [0, 0.05) is 25.9 Å². The highest BCUT2D eigenvalue weighted by molar-refractivity contribution is 7.80. The summed E-state index contributed by atoms with van der Waals surface area (Å²) in [5.74, 6) is 0.438. The Labute approximate surface area is 191 Å². The zero-order valence-electron chi connectivity index (χ0n) is 18.9. The fourth-order valence-corrected chi connectivity index (χ4v) is 2.64. The van der Waals surface area contributed by atoms with E-state index >= 15 is 0 Å². The minimum absolute atomic E-state index is 0.208. The van der Waals surface area contributed by atoms with Gasteiger partial charge in [-0.05, 0) is 31.7 Å². The van der Waals surface area contributed by atoms with Crippen LogP contribution in [-0.2, 0) is 31.2 Å². The largest absolute Gasteiger partial charge is 0.726 e. The van der Waals surface area contributed by atoms with Crippen molar-refractivity contribution >= 4 is 28.4 Å². The fourth-order valence-electron chi connectivity index (χ4n) is 2.64. The van der Waals surface area contributed by atoms with Crippen LogP contribution in [0.1, 0.15) is 38.5 Å². The van der Waals surface area contributed by atoms with E-state index in [0.29, 0.717) is 12.8 Å². The van der Waals surface area contributed by atoms with Gasteiger partial charge in [0.05, 0.1) is 20.4 Å². The molecule has 180 valence electrons. The van der Waals surface area contributed by atoms with Crippen molar-refractivity contribution in [1.29, 1.82) is 0 Å². The van der Waals surface area contributed by atoms with E-state index in [-0.39, 0.29) is 11.8 Å². The van der Waals surface area contributed by atoms with Gasteiger partial charge in [0.1, 0.15) is 12.4 Å². The second kappa shape index (κ2) is 16.0. The number of amides is 2. The van der Waals surface area contributed by atoms with Gasteiger partial charge in [-0.2, -0.15) is 0 Å². The summed E-state index contributed by atoms with van der Waals surface area (Å²) in [6.45, 7) is 12.4. The Morgan fingerprint density at radius 2 is 1.47 bits per heavy atom. The van der Waals surface area contributed by atoms with E-state index in [1.807, 2.05) is 34.9 Å². The van der Waals surface area contributed by atoms with Crippen LogP contribution >= 0.6 is 0 Å². The van der Waals surface area contributed by atoms with Gasteiger partial charge in [-0.15, -0.1) is 0 Å². The summed E-state index contributed by atoms with van der Waals surface area (Å²) >= 11 is 0. The molecule has 0 radical (unpaired) electrons. The minimum Gasteiger partial charge on any atom is -0.726 e. The molecule has 2 aliphatic rings. The lowest BCUT2D eigenvalue weighted by Crippen LogP contribution is -2.23. The van der Waals surface area contributed by atoms with Crippen LogP contribution in [0.2, 0.25) is 0 Å². The third-order valence-corrected chi connectivity index (χ3v) is 4.77. The average Bonchev–Trinajstić information content (AvgIpc) is 3.32. The number of likely N-dealkylation sites (tertiary alicyclic amines) is 2. The van der Waals surface area contributed by atoms with Gasteiger partial charge in [0.15, 0.2) is 0 Å². The Balaban J connectivity index is 0.000000407. The van der Waals surface area contributed by atoms with E-state index in [0.717, 1.165) is 39.5 Å². The van der Waals surface area contributed by atoms with Crippen LogP contribution in [0.5, 0.6) is 0 Å². The summed E-state index contributed by atoms with van der Waals surface area (Å²) in [4.78, 5) is 25.1. The summed E-state index contributed by atoms with van der Waals surface area (Å²) < 4.78 is 34.9. The summed E-state index contributed by atoms with van der Waals surface area (Å²) in [6.07, 6.45) is 16.5. The summed E-state index contributed by atoms with van der Waals surface area (Å²) in [6, 6.07) is 0. The monoisotopic (exact) mass is 470 g/mol. The predicted molar refractivity (Wildman–Crippen MR) is 120 cm³/mol. The smallest absolute Gasteiger partial charge is 0.248 e. The number of nitrogens with zero attached hydrogens (tertiary/aromatic N) is 4. The first-order chi connectivity index (χ1) is 15.1. The number of carbonyl (C=O) groups is 2. The molecule has 0 unspecified atom stereocenters. The van der Waals surface area contributed by atoms with E-state index in [9.17, 15) is 22.6 Å². The molecule has 10 nitrogen and oxygen atoms in total. The SMILES string of the molecule is C=CN1CCCC1=O.C=CN1CCCCCC1=O.C=Cn1cc[n+](C)c1.COS(=O)(=O)[O-]. The molecule has 0 saturated carbocycles. The highest BCUT2D eigenvalue weighted by Crippen LogP contribution is 2.10. The molecule has 32 heavy (non-hydrogen) atoms. The maximum Gasteiger partial charge on any atom is 0.248 e. The third-order valence-electron chi connectivity index (χ3n) is 4.37. The normalized spacial score (nSPS) is 15.7. The minimum atomic E-state index is -4.41. The second-order valence-corrected chi connectivity index (χ2v) is 7.89. The first-order valence-electron chi connectivity index (χ1n) is 10.1. The second-order valence-electron chi connectivity index (χ2n) is 6.74. The van der Waals surface area contributed by atoms with Crippen LogP contribution in [0.4, 0.5) is 0 Å². The van der Waals surface area contributed by atoms with E-state index < -0.39 is 10.4 Å². The van der Waals surface area contributed by atoms with Crippen molar-refractivity contribution in [3.8, 4) is 0 Å². The molecule has 0 spiro atoms. The van der Waals surface area contributed by atoms with E-state index in [1.165, 1.54) is 6.42 Å². The molecule has 0 atom stereocenters. The maximum absolute atomic E-state index is 11.1. The third kappa shape index (κ3) is 13.5. The molecule has 3 rings (SSSR count). The standard InChI is InChI=1S/C8H13NO.C6H9N2.C6H9NO.CH4O4S/c1-2-9-7-5-3-4-6-8(9)10;1-3-8-5-4-7(2)6-8;1-2-7-5-3-4-6(7)8;1-5-6(2,3)4/h2H,1,3-7H2;3-6H,1H2,2H3;2H,1,3-5H2;1H3,(H,2,3,4)/q;+1;;/p-1. The summed E-state index contributed by atoms with van der Waals surface area (Å²) in [5, 5.41) is 0. The van der Waals surface area contributed by atoms with Crippen LogP contribution in [0, 0.1) is 0 Å². The Kier molecular flexibility index (Phi) is 14.6. The van der Waals surface area contributed by atoms with Gasteiger partial charge in [-0.3, -0.25) is 13.8 Å². The number of aromatic nitrogens is 2. The number of hydrogen-bond donors (Lipinski definition) is 0.